The van der Waals surface area contributed by atoms with Crippen LogP contribution in [0.4, 0.5) is 0 Å². The van der Waals surface area contributed by atoms with Gasteiger partial charge in [-0.15, -0.1) is 0 Å². The summed E-state index contributed by atoms with van der Waals surface area (Å²) in [6, 6.07) is -0.0379. The fourth-order valence-electron chi connectivity index (χ4n) is 3.45. The monoisotopic (exact) mass is 319 g/mol. The van der Waals surface area contributed by atoms with Crippen molar-refractivity contribution >= 4 is 11.9 Å². The van der Waals surface area contributed by atoms with E-state index in [9.17, 15) is 9.59 Å². The van der Waals surface area contributed by atoms with E-state index in [4.69, 9.17) is 5.11 Å². The van der Waals surface area contributed by atoms with E-state index in [1.165, 1.54) is 0 Å². The molecule has 2 N–H and O–H groups in total. The molecule has 6 nitrogen and oxygen atoms in total. The van der Waals surface area contributed by atoms with Crippen LogP contribution in [0.5, 0.6) is 0 Å². The van der Waals surface area contributed by atoms with Gasteiger partial charge in [-0.25, -0.2) is 0 Å². The van der Waals surface area contributed by atoms with Gasteiger partial charge in [0.2, 0.25) is 0 Å². The number of aliphatic carboxylic acids is 1. The maximum Gasteiger partial charge on any atom is 0.306 e. The van der Waals surface area contributed by atoms with Gasteiger partial charge in [0, 0.05) is 18.5 Å². The van der Waals surface area contributed by atoms with Crippen molar-refractivity contribution < 1.29 is 14.7 Å². The highest BCUT2D eigenvalue weighted by molar-refractivity contribution is 5.95. The highest BCUT2D eigenvalue weighted by atomic mass is 16.4. The molecule has 2 atom stereocenters. The van der Waals surface area contributed by atoms with Crippen molar-refractivity contribution in [1.29, 1.82) is 0 Å². The molecule has 0 aromatic carbocycles. The molecule has 0 radical (unpaired) electrons. The molecule has 1 aromatic heterocycles. The molecule has 6 heteroatoms. The Morgan fingerprint density at radius 1 is 1.35 bits per heavy atom. The van der Waals surface area contributed by atoms with Gasteiger partial charge in [-0.1, -0.05) is 13.8 Å². The van der Waals surface area contributed by atoms with E-state index in [1.807, 2.05) is 4.68 Å². The zero-order valence-corrected chi connectivity index (χ0v) is 13.8. The number of amides is 1. The van der Waals surface area contributed by atoms with Crippen LogP contribution in [0.25, 0.3) is 0 Å². The van der Waals surface area contributed by atoms with Crippen LogP contribution in [0.2, 0.25) is 0 Å². The Hall–Kier alpha value is -1.85. The summed E-state index contributed by atoms with van der Waals surface area (Å²) in [5.74, 6) is -0.253. The topological polar surface area (TPSA) is 84.2 Å². The molecular weight excluding hydrogens is 294 g/mol. The Balaban J connectivity index is 1.70. The minimum atomic E-state index is -0.759. The summed E-state index contributed by atoms with van der Waals surface area (Å²) in [7, 11) is 0. The number of aromatic nitrogens is 2. The van der Waals surface area contributed by atoms with Crippen LogP contribution in [0.15, 0.2) is 6.20 Å². The summed E-state index contributed by atoms with van der Waals surface area (Å²) in [5, 5.41) is 16.5. The summed E-state index contributed by atoms with van der Waals surface area (Å²) in [6.07, 6.45) is 5.82. The van der Waals surface area contributed by atoms with Crippen molar-refractivity contribution in [3.63, 3.8) is 0 Å². The number of nitrogens with zero attached hydrogens (tertiary/aromatic N) is 2. The predicted octanol–water partition coefficient (Wildman–Crippen LogP) is 2.40. The normalized spacial score (nSPS) is 24.1. The molecule has 1 heterocycles. The van der Waals surface area contributed by atoms with Gasteiger partial charge in [0.25, 0.3) is 5.91 Å². The van der Waals surface area contributed by atoms with E-state index in [0.29, 0.717) is 30.2 Å². The molecular formula is C17H25N3O3. The number of nitrogens with one attached hydrogen (secondary N) is 1. The Bertz CT molecular complexity index is 604. The average molecular weight is 319 g/mol. The number of carboxylic acids is 1. The van der Waals surface area contributed by atoms with Gasteiger partial charge in [0.05, 0.1) is 23.4 Å². The molecule has 0 saturated heterocycles. The fourth-order valence-corrected chi connectivity index (χ4v) is 3.45. The van der Waals surface area contributed by atoms with Gasteiger partial charge >= 0.3 is 5.97 Å². The average Bonchev–Trinajstić information content (AvgIpc) is 3.05. The molecule has 23 heavy (non-hydrogen) atoms. The second kappa shape index (κ2) is 6.34. The first-order valence-corrected chi connectivity index (χ1v) is 8.55. The van der Waals surface area contributed by atoms with Crippen LogP contribution in [0.1, 0.15) is 67.9 Å². The van der Waals surface area contributed by atoms with Gasteiger partial charge < -0.3 is 10.4 Å². The van der Waals surface area contributed by atoms with Gasteiger partial charge in [0.15, 0.2) is 0 Å². The number of hydrogen-bond acceptors (Lipinski definition) is 3. The van der Waals surface area contributed by atoms with Gasteiger partial charge in [-0.3, -0.25) is 14.3 Å². The third-order valence-electron chi connectivity index (χ3n) is 4.74. The SMILES string of the molecule is CC(C)Cn1ncc(C(=O)N[C@H]2CC[C@@H](C(=O)O)C2)c1C1CC1. The Labute approximate surface area is 136 Å². The first-order valence-electron chi connectivity index (χ1n) is 8.55. The summed E-state index contributed by atoms with van der Waals surface area (Å²) in [5.41, 5.74) is 1.73. The number of carboxylic acid groups (broad SMARTS) is 1. The molecule has 0 spiro atoms. The van der Waals surface area contributed by atoms with E-state index in [0.717, 1.165) is 31.5 Å². The van der Waals surface area contributed by atoms with Gasteiger partial charge in [0.1, 0.15) is 0 Å². The summed E-state index contributed by atoms with van der Waals surface area (Å²) < 4.78 is 1.98. The number of carbonyl (C=O) groups excluding carboxylic acids is 1. The van der Waals surface area contributed by atoms with E-state index < -0.39 is 5.97 Å². The molecule has 2 fully saturated rings. The Morgan fingerprint density at radius 3 is 2.65 bits per heavy atom. The van der Waals surface area contributed by atoms with Crippen molar-refractivity contribution in [1.82, 2.24) is 15.1 Å². The standard InChI is InChI=1S/C17H25N3O3/c1-10(2)9-20-15(11-3-4-11)14(8-18-20)16(21)19-13-6-5-12(7-13)17(22)23/h8,10-13H,3-7,9H2,1-2H3,(H,19,21)(H,22,23)/t12-,13+/m1/s1. The molecule has 1 amide bonds. The van der Waals surface area contributed by atoms with Gasteiger partial charge in [-0.2, -0.15) is 5.10 Å². The first-order chi connectivity index (χ1) is 11.0. The van der Waals surface area contributed by atoms with Crippen molar-refractivity contribution in [2.75, 3.05) is 0 Å². The lowest BCUT2D eigenvalue weighted by atomic mass is 10.1. The number of rotatable bonds is 6. The lowest BCUT2D eigenvalue weighted by Crippen LogP contribution is -2.33. The minimum absolute atomic E-state index is 0.0379. The van der Waals surface area contributed by atoms with Crippen LogP contribution in [-0.2, 0) is 11.3 Å². The fraction of sp³-hybridized carbons (Fsp3) is 0.706. The summed E-state index contributed by atoms with van der Waals surface area (Å²) in [4.78, 5) is 23.7. The van der Waals surface area contributed by atoms with Crippen molar-refractivity contribution in [3.05, 3.63) is 17.5 Å². The summed E-state index contributed by atoms with van der Waals surface area (Å²) >= 11 is 0. The highest BCUT2D eigenvalue weighted by Crippen LogP contribution is 2.42. The minimum Gasteiger partial charge on any atom is -0.481 e. The third kappa shape index (κ3) is 3.57. The zero-order valence-electron chi connectivity index (χ0n) is 13.8. The molecule has 126 valence electrons. The summed E-state index contributed by atoms with van der Waals surface area (Å²) in [6.45, 7) is 5.11. The predicted molar refractivity (Wildman–Crippen MR) is 85.3 cm³/mol. The Kier molecular flexibility index (Phi) is 4.41. The van der Waals surface area contributed by atoms with E-state index in [-0.39, 0.29) is 17.9 Å². The van der Waals surface area contributed by atoms with Crippen LogP contribution >= 0.6 is 0 Å². The molecule has 3 rings (SSSR count). The molecule has 0 bridgehead atoms. The van der Waals surface area contributed by atoms with Crippen LogP contribution < -0.4 is 5.32 Å². The lowest BCUT2D eigenvalue weighted by Gasteiger charge is -2.14. The molecule has 2 aliphatic carbocycles. The molecule has 0 aliphatic heterocycles. The van der Waals surface area contributed by atoms with E-state index >= 15 is 0 Å². The maximum atomic E-state index is 12.6. The number of carbonyl (C=O) groups is 2. The van der Waals surface area contributed by atoms with Crippen molar-refractivity contribution in [2.24, 2.45) is 11.8 Å². The smallest absolute Gasteiger partial charge is 0.306 e. The van der Waals surface area contributed by atoms with E-state index in [1.54, 1.807) is 6.20 Å². The van der Waals surface area contributed by atoms with Crippen molar-refractivity contribution in [3.8, 4) is 0 Å². The maximum absolute atomic E-state index is 12.6. The van der Waals surface area contributed by atoms with Crippen LogP contribution in [0, 0.1) is 11.8 Å². The Morgan fingerprint density at radius 2 is 2.09 bits per heavy atom. The van der Waals surface area contributed by atoms with Gasteiger partial charge in [-0.05, 0) is 38.0 Å². The zero-order chi connectivity index (χ0) is 16.6. The number of hydrogen-bond donors (Lipinski definition) is 2. The van der Waals surface area contributed by atoms with Crippen molar-refractivity contribution in [2.45, 2.75) is 64.5 Å². The molecule has 2 aliphatic rings. The second-order valence-corrected chi connectivity index (χ2v) is 7.31. The van der Waals surface area contributed by atoms with Crippen LogP contribution in [-0.4, -0.2) is 32.8 Å². The van der Waals surface area contributed by atoms with Crippen LogP contribution in [0.3, 0.4) is 0 Å². The molecule has 1 aromatic rings. The second-order valence-electron chi connectivity index (χ2n) is 7.31. The first kappa shape index (κ1) is 16.0. The highest BCUT2D eigenvalue weighted by Gasteiger charge is 2.35. The van der Waals surface area contributed by atoms with E-state index in [2.05, 4.69) is 24.3 Å². The quantitative estimate of drug-likeness (QED) is 0.843. The molecule has 2 saturated carbocycles. The lowest BCUT2D eigenvalue weighted by molar-refractivity contribution is -0.141. The largest absolute Gasteiger partial charge is 0.481 e. The third-order valence-corrected chi connectivity index (χ3v) is 4.74. The molecule has 0 unspecified atom stereocenters.